The average molecular weight is 299 g/mol. The molecule has 108 valence electrons. The van der Waals surface area contributed by atoms with Crippen LogP contribution in [0.15, 0.2) is 51.7 Å². The van der Waals surface area contributed by atoms with Crippen molar-refractivity contribution in [3.63, 3.8) is 0 Å². The summed E-state index contributed by atoms with van der Waals surface area (Å²) in [5.74, 6) is 1.35. The third kappa shape index (κ3) is 3.77. The molecule has 0 radical (unpaired) electrons. The Hall–Kier alpha value is -1.98. The summed E-state index contributed by atoms with van der Waals surface area (Å²) >= 11 is 1.70. The second kappa shape index (κ2) is 6.65. The summed E-state index contributed by atoms with van der Waals surface area (Å²) in [6, 6.07) is 12.6. The summed E-state index contributed by atoms with van der Waals surface area (Å²) in [5.41, 5.74) is 2.47. The lowest BCUT2D eigenvalue weighted by Gasteiger charge is -2.09. The maximum absolute atomic E-state index is 5.28. The van der Waals surface area contributed by atoms with Crippen LogP contribution in [0, 0.1) is 0 Å². The van der Waals surface area contributed by atoms with E-state index in [2.05, 4.69) is 51.3 Å². The Balaban J connectivity index is 1.55. The molecule has 1 aromatic carbocycles. The Bertz CT molecular complexity index is 664. The second-order valence-corrected chi connectivity index (χ2v) is 5.71. The van der Waals surface area contributed by atoms with Crippen LogP contribution >= 0.6 is 11.3 Å². The summed E-state index contributed by atoms with van der Waals surface area (Å²) in [6.07, 6.45) is 0.699. The molecule has 21 heavy (non-hydrogen) atoms. The first-order valence-electron chi connectivity index (χ1n) is 6.92. The number of hydrogen-bond acceptors (Lipinski definition) is 5. The Morgan fingerprint density at radius 3 is 2.86 bits per heavy atom. The quantitative estimate of drug-likeness (QED) is 0.756. The fraction of sp³-hybridized carbons (Fsp3) is 0.250. The molecule has 2 heterocycles. The molecular formula is C16H17N3OS. The van der Waals surface area contributed by atoms with Gasteiger partial charge in [0.25, 0.3) is 0 Å². The number of benzene rings is 1. The van der Waals surface area contributed by atoms with Crippen molar-refractivity contribution in [3.05, 3.63) is 70.0 Å². The molecule has 0 bridgehead atoms. The van der Waals surface area contributed by atoms with Crippen LogP contribution in [0.2, 0.25) is 0 Å². The highest BCUT2D eigenvalue weighted by Gasteiger charge is 2.10. The van der Waals surface area contributed by atoms with Crippen molar-refractivity contribution in [2.75, 3.05) is 0 Å². The Morgan fingerprint density at radius 2 is 2.10 bits per heavy atom. The van der Waals surface area contributed by atoms with E-state index in [-0.39, 0.29) is 6.04 Å². The van der Waals surface area contributed by atoms with Gasteiger partial charge in [-0.25, -0.2) is 0 Å². The molecule has 0 aliphatic carbocycles. The molecule has 4 nitrogen and oxygen atoms in total. The first-order chi connectivity index (χ1) is 10.3. The highest BCUT2D eigenvalue weighted by atomic mass is 32.1. The zero-order chi connectivity index (χ0) is 14.5. The van der Waals surface area contributed by atoms with Crippen LogP contribution in [0.5, 0.6) is 0 Å². The summed E-state index contributed by atoms with van der Waals surface area (Å²) in [7, 11) is 0. The highest BCUT2D eigenvalue weighted by Crippen LogP contribution is 2.16. The molecule has 5 heteroatoms. The molecule has 0 fully saturated rings. The van der Waals surface area contributed by atoms with Gasteiger partial charge in [0.2, 0.25) is 5.89 Å². The SMILES string of the molecule is CC(NCc1nc(Cc2ccccc2)no1)c1ccsc1. The van der Waals surface area contributed by atoms with Crippen LogP contribution in [0.25, 0.3) is 0 Å². The summed E-state index contributed by atoms with van der Waals surface area (Å²) in [6.45, 7) is 2.71. The van der Waals surface area contributed by atoms with Crippen molar-refractivity contribution in [2.24, 2.45) is 0 Å². The third-order valence-corrected chi connectivity index (χ3v) is 4.02. The molecule has 0 aliphatic rings. The number of hydrogen-bond donors (Lipinski definition) is 1. The molecule has 1 atom stereocenters. The van der Waals surface area contributed by atoms with Crippen LogP contribution in [0.1, 0.15) is 35.8 Å². The Labute approximate surface area is 127 Å². The molecule has 2 aromatic heterocycles. The average Bonchev–Trinajstić information content (AvgIpc) is 3.17. The minimum Gasteiger partial charge on any atom is -0.338 e. The number of nitrogens with one attached hydrogen (secondary N) is 1. The number of nitrogens with zero attached hydrogens (tertiary/aromatic N) is 2. The molecule has 3 rings (SSSR count). The van der Waals surface area contributed by atoms with Gasteiger partial charge in [0.15, 0.2) is 5.82 Å². The van der Waals surface area contributed by atoms with Gasteiger partial charge in [0, 0.05) is 12.5 Å². The highest BCUT2D eigenvalue weighted by molar-refractivity contribution is 7.07. The lowest BCUT2D eigenvalue weighted by Crippen LogP contribution is -2.17. The van der Waals surface area contributed by atoms with E-state index in [0.29, 0.717) is 18.9 Å². The zero-order valence-corrected chi connectivity index (χ0v) is 12.6. The number of aromatic nitrogens is 2. The smallest absolute Gasteiger partial charge is 0.240 e. The van der Waals surface area contributed by atoms with Crippen molar-refractivity contribution < 1.29 is 4.52 Å². The van der Waals surface area contributed by atoms with Crippen molar-refractivity contribution in [1.82, 2.24) is 15.5 Å². The van der Waals surface area contributed by atoms with Crippen LogP contribution in [-0.2, 0) is 13.0 Å². The normalized spacial score (nSPS) is 12.4. The molecule has 3 aromatic rings. The minimum atomic E-state index is 0.278. The summed E-state index contributed by atoms with van der Waals surface area (Å²) in [5, 5.41) is 11.6. The van der Waals surface area contributed by atoms with Crippen LogP contribution in [-0.4, -0.2) is 10.1 Å². The predicted octanol–water partition coefficient (Wildman–Crippen LogP) is 3.57. The zero-order valence-electron chi connectivity index (χ0n) is 11.8. The second-order valence-electron chi connectivity index (χ2n) is 4.93. The van der Waals surface area contributed by atoms with Crippen molar-refractivity contribution in [3.8, 4) is 0 Å². The van der Waals surface area contributed by atoms with Gasteiger partial charge >= 0.3 is 0 Å². The van der Waals surface area contributed by atoms with Gasteiger partial charge in [0.05, 0.1) is 6.54 Å². The molecule has 0 aliphatic heterocycles. The number of thiophene rings is 1. The van der Waals surface area contributed by atoms with Crippen LogP contribution < -0.4 is 5.32 Å². The van der Waals surface area contributed by atoms with E-state index in [1.165, 1.54) is 11.1 Å². The van der Waals surface area contributed by atoms with E-state index in [1.807, 2.05) is 18.2 Å². The predicted molar refractivity (Wildman–Crippen MR) is 83.1 cm³/mol. The van der Waals surface area contributed by atoms with Gasteiger partial charge < -0.3 is 9.84 Å². The maximum atomic E-state index is 5.28. The molecule has 1 N–H and O–H groups in total. The van der Waals surface area contributed by atoms with Gasteiger partial charge in [-0.1, -0.05) is 35.5 Å². The monoisotopic (exact) mass is 299 g/mol. The largest absolute Gasteiger partial charge is 0.338 e. The van der Waals surface area contributed by atoms with Gasteiger partial charge in [-0.3, -0.25) is 0 Å². The molecule has 1 unspecified atom stereocenters. The van der Waals surface area contributed by atoms with Gasteiger partial charge in [-0.2, -0.15) is 16.3 Å². The van der Waals surface area contributed by atoms with Crippen molar-refractivity contribution in [1.29, 1.82) is 0 Å². The van der Waals surface area contributed by atoms with E-state index >= 15 is 0 Å². The fourth-order valence-electron chi connectivity index (χ4n) is 2.09. The molecule has 0 saturated carbocycles. The van der Waals surface area contributed by atoms with Crippen molar-refractivity contribution >= 4 is 11.3 Å². The molecule has 0 amide bonds. The van der Waals surface area contributed by atoms with E-state index in [4.69, 9.17) is 4.52 Å². The van der Waals surface area contributed by atoms with E-state index in [9.17, 15) is 0 Å². The first kappa shape index (κ1) is 14.0. The van der Waals surface area contributed by atoms with Crippen LogP contribution in [0.3, 0.4) is 0 Å². The maximum Gasteiger partial charge on any atom is 0.240 e. The minimum absolute atomic E-state index is 0.278. The molecular weight excluding hydrogens is 282 g/mol. The van der Waals surface area contributed by atoms with Crippen molar-refractivity contribution in [2.45, 2.75) is 25.9 Å². The van der Waals surface area contributed by atoms with E-state index < -0.39 is 0 Å². The fourth-order valence-corrected chi connectivity index (χ4v) is 2.85. The van der Waals surface area contributed by atoms with Gasteiger partial charge in [-0.05, 0) is 34.9 Å². The van der Waals surface area contributed by atoms with Gasteiger partial charge in [-0.15, -0.1) is 0 Å². The summed E-state index contributed by atoms with van der Waals surface area (Å²) in [4.78, 5) is 4.42. The Kier molecular flexibility index (Phi) is 4.43. The lowest BCUT2D eigenvalue weighted by molar-refractivity contribution is 0.357. The standard InChI is InChI=1S/C16H17N3OS/c1-12(14-7-8-21-11-14)17-10-16-18-15(19-20-16)9-13-5-3-2-4-6-13/h2-8,11-12,17H,9-10H2,1H3. The van der Waals surface area contributed by atoms with Crippen LogP contribution in [0.4, 0.5) is 0 Å². The van der Waals surface area contributed by atoms with E-state index in [0.717, 1.165) is 5.82 Å². The summed E-state index contributed by atoms with van der Waals surface area (Å²) < 4.78 is 5.28. The lowest BCUT2D eigenvalue weighted by atomic mass is 10.1. The Morgan fingerprint density at radius 1 is 1.24 bits per heavy atom. The van der Waals surface area contributed by atoms with Gasteiger partial charge in [0.1, 0.15) is 0 Å². The number of rotatable bonds is 6. The van der Waals surface area contributed by atoms with E-state index in [1.54, 1.807) is 11.3 Å². The molecule has 0 spiro atoms. The third-order valence-electron chi connectivity index (χ3n) is 3.32. The molecule has 0 saturated heterocycles. The topological polar surface area (TPSA) is 51.0 Å². The first-order valence-corrected chi connectivity index (χ1v) is 7.86.